The van der Waals surface area contributed by atoms with Crippen molar-refractivity contribution in [1.82, 2.24) is 15.2 Å². The van der Waals surface area contributed by atoms with Crippen molar-refractivity contribution in [2.45, 2.75) is 6.92 Å². The minimum absolute atomic E-state index is 0.311. The Bertz CT molecular complexity index is 902. The van der Waals surface area contributed by atoms with Crippen LogP contribution < -0.4 is 10.6 Å². The van der Waals surface area contributed by atoms with Crippen LogP contribution in [0, 0.1) is 0 Å². The van der Waals surface area contributed by atoms with Crippen LogP contribution in [0.4, 0.5) is 23.1 Å². The fourth-order valence-electron chi connectivity index (χ4n) is 2.15. The molecule has 0 aliphatic carbocycles. The van der Waals surface area contributed by atoms with Gasteiger partial charge in [0.2, 0.25) is 5.95 Å². The molecular formula is C18H16ClN5O2. The molecule has 132 valence electrons. The number of hydrogen-bond acceptors (Lipinski definition) is 7. The molecule has 3 aromatic rings. The number of anilines is 4. The Kier molecular flexibility index (Phi) is 5.60. The third kappa shape index (κ3) is 4.46. The van der Waals surface area contributed by atoms with Crippen LogP contribution in [0.25, 0.3) is 0 Å². The summed E-state index contributed by atoms with van der Waals surface area (Å²) in [6.45, 7) is 2.11. The molecule has 1 aromatic heterocycles. The molecule has 0 atom stereocenters. The van der Waals surface area contributed by atoms with Gasteiger partial charge in [-0.3, -0.25) is 0 Å². The van der Waals surface area contributed by atoms with Gasteiger partial charge in [-0.05, 0) is 43.3 Å². The monoisotopic (exact) mass is 369 g/mol. The second-order valence-corrected chi connectivity index (χ2v) is 5.60. The molecule has 0 bridgehead atoms. The standard InChI is InChI=1S/C18H16ClN5O2/c1-2-26-17(25)12-7-9-13(10-8-12)21-16-11-20-24-18(23-16)22-15-6-4-3-5-14(15)19/h3-11H,2H2,1H3,(H2,21,22,23,24). The average molecular weight is 370 g/mol. The lowest BCUT2D eigenvalue weighted by molar-refractivity contribution is 0.0526. The molecule has 0 amide bonds. The Morgan fingerprint density at radius 3 is 2.62 bits per heavy atom. The molecule has 3 rings (SSSR count). The minimum atomic E-state index is -0.353. The summed E-state index contributed by atoms with van der Waals surface area (Å²) in [6, 6.07) is 14.2. The molecule has 2 N–H and O–H groups in total. The lowest BCUT2D eigenvalue weighted by atomic mass is 10.2. The molecule has 0 aliphatic heterocycles. The quantitative estimate of drug-likeness (QED) is 0.629. The van der Waals surface area contributed by atoms with E-state index >= 15 is 0 Å². The highest BCUT2D eigenvalue weighted by atomic mass is 35.5. The third-order valence-electron chi connectivity index (χ3n) is 3.35. The van der Waals surface area contributed by atoms with E-state index in [0.29, 0.717) is 34.6 Å². The van der Waals surface area contributed by atoms with E-state index in [0.717, 1.165) is 5.69 Å². The Labute approximate surface area is 155 Å². The first kappa shape index (κ1) is 17.6. The van der Waals surface area contributed by atoms with Crippen molar-refractivity contribution in [1.29, 1.82) is 0 Å². The summed E-state index contributed by atoms with van der Waals surface area (Å²) in [6.07, 6.45) is 1.50. The van der Waals surface area contributed by atoms with Crippen molar-refractivity contribution < 1.29 is 9.53 Å². The number of para-hydroxylation sites is 1. The van der Waals surface area contributed by atoms with E-state index in [1.54, 1.807) is 37.3 Å². The largest absolute Gasteiger partial charge is 0.462 e. The first-order chi connectivity index (χ1) is 12.7. The van der Waals surface area contributed by atoms with Crippen LogP contribution >= 0.6 is 11.6 Å². The number of benzene rings is 2. The zero-order chi connectivity index (χ0) is 18.4. The van der Waals surface area contributed by atoms with E-state index in [9.17, 15) is 4.79 Å². The topological polar surface area (TPSA) is 89.0 Å². The first-order valence-electron chi connectivity index (χ1n) is 7.91. The molecule has 0 unspecified atom stereocenters. The fraction of sp³-hybridized carbons (Fsp3) is 0.111. The average Bonchev–Trinajstić information content (AvgIpc) is 2.65. The highest BCUT2D eigenvalue weighted by Gasteiger charge is 2.07. The van der Waals surface area contributed by atoms with Gasteiger partial charge < -0.3 is 15.4 Å². The van der Waals surface area contributed by atoms with Gasteiger partial charge in [0.25, 0.3) is 0 Å². The van der Waals surface area contributed by atoms with Gasteiger partial charge in [-0.15, -0.1) is 5.10 Å². The number of hydrogen-bond donors (Lipinski definition) is 2. The number of ether oxygens (including phenoxy) is 1. The molecular weight excluding hydrogens is 354 g/mol. The van der Waals surface area contributed by atoms with Gasteiger partial charge in [0.15, 0.2) is 5.82 Å². The predicted octanol–water partition coefficient (Wildman–Crippen LogP) is 4.19. The van der Waals surface area contributed by atoms with Gasteiger partial charge in [-0.2, -0.15) is 10.1 Å². The summed E-state index contributed by atoms with van der Waals surface area (Å²) in [7, 11) is 0. The molecule has 0 radical (unpaired) electrons. The van der Waals surface area contributed by atoms with Crippen molar-refractivity contribution in [2.24, 2.45) is 0 Å². The van der Waals surface area contributed by atoms with Crippen LogP contribution in [-0.2, 0) is 4.74 Å². The molecule has 7 nitrogen and oxygen atoms in total. The SMILES string of the molecule is CCOC(=O)c1ccc(Nc2cnnc(Nc3ccccc3Cl)n2)cc1. The van der Waals surface area contributed by atoms with Crippen molar-refractivity contribution in [2.75, 3.05) is 17.2 Å². The predicted molar refractivity (Wildman–Crippen MR) is 100 cm³/mol. The van der Waals surface area contributed by atoms with Gasteiger partial charge in [0.1, 0.15) is 0 Å². The van der Waals surface area contributed by atoms with E-state index in [4.69, 9.17) is 16.3 Å². The van der Waals surface area contributed by atoms with Crippen molar-refractivity contribution in [3.8, 4) is 0 Å². The van der Waals surface area contributed by atoms with Crippen molar-refractivity contribution >= 4 is 40.7 Å². The minimum Gasteiger partial charge on any atom is -0.462 e. The smallest absolute Gasteiger partial charge is 0.338 e. The first-order valence-corrected chi connectivity index (χ1v) is 8.29. The van der Waals surface area contributed by atoms with Crippen LogP contribution in [0.2, 0.25) is 5.02 Å². The summed E-state index contributed by atoms with van der Waals surface area (Å²) in [5.74, 6) is 0.457. The number of esters is 1. The fourth-order valence-corrected chi connectivity index (χ4v) is 2.33. The number of halogens is 1. The Morgan fingerprint density at radius 1 is 1.12 bits per heavy atom. The maximum atomic E-state index is 11.7. The van der Waals surface area contributed by atoms with Crippen LogP contribution in [0.3, 0.4) is 0 Å². The molecule has 0 saturated carbocycles. The second kappa shape index (κ2) is 8.26. The maximum Gasteiger partial charge on any atom is 0.338 e. The summed E-state index contributed by atoms with van der Waals surface area (Å²) in [5.41, 5.74) is 1.92. The van der Waals surface area contributed by atoms with Crippen LogP contribution in [0.15, 0.2) is 54.7 Å². The molecule has 1 heterocycles. The summed E-state index contributed by atoms with van der Waals surface area (Å²) in [5, 5.41) is 14.5. The Hall–Kier alpha value is -3.19. The van der Waals surface area contributed by atoms with Crippen molar-refractivity contribution in [3.63, 3.8) is 0 Å². The number of nitrogens with one attached hydrogen (secondary N) is 2. The van der Waals surface area contributed by atoms with Gasteiger partial charge in [0.05, 0.1) is 29.1 Å². The summed E-state index contributed by atoms with van der Waals surface area (Å²) in [4.78, 5) is 16.0. The van der Waals surface area contributed by atoms with Gasteiger partial charge >= 0.3 is 5.97 Å². The van der Waals surface area contributed by atoms with Gasteiger partial charge in [0, 0.05) is 5.69 Å². The maximum absolute atomic E-state index is 11.7. The van der Waals surface area contributed by atoms with Crippen LogP contribution in [0.5, 0.6) is 0 Å². The molecule has 0 saturated heterocycles. The van der Waals surface area contributed by atoms with Gasteiger partial charge in [-0.1, -0.05) is 23.7 Å². The van der Waals surface area contributed by atoms with E-state index in [-0.39, 0.29) is 5.97 Å². The molecule has 0 aliphatic rings. The van der Waals surface area contributed by atoms with Crippen LogP contribution in [-0.4, -0.2) is 27.8 Å². The normalized spacial score (nSPS) is 10.2. The number of nitrogens with zero attached hydrogens (tertiary/aromatic N) is 3. The Balaban J connectivity index is 1.71. The molecule has 8 heteroatoms. The van der Waals surface area contributed by atoms with Gasteiger partial charge in [-0.25, -0.2) is 4.79 Å². The zero-order valence-electron chi connectivity index (χ0n) is 13.9. The Morgan fingerprint density at radius 2 is 1.88 bits per heavy atom. The highest BCUT2D eigenvalue weighted by Crippen LogP contribution is 2.23. The number of aromatic nitrogens is 3. The van der Waals surface area contributed by atoms with E-state index in [1.165, 1.54) is 6.20 Å². The van der Waals surface area contributed by atoms with E-state index in [2.05, 4.69) is 25.8 Å². The zero-order valence-corrected chi connectivity index (χ0v) is 14.7. The molecule has 0 fully saturated rings. The lowest BCUT2D eigenvalue weighted by Gasteiger charge is -2.09. The summed E-state index contributed by atoms with van der Waals surface area (Å²) < 4.78 is 4.96. The lowest BCUT2D eigenvalue weighted by Crippen LogP contribution is -2.05. The van der Waals surface area contributed by atoms with Crippen LogP contribution in [0.1, 0.15) is 17.3 Å². The third-order valence-corrected chi connectivity index (χ3v) is 3.68. The van der Waals surface area contributed by atoms with Crippen molar-refractivity contribution in [3.05, 3.63) is 65.3 Å². The number of carbonyl (C=O) groups is 1. The second-order valence-electron chi connectivity index (χ2n) is 5.19. The number of carbonyl (C=O) groups excluding carboxylic acids is 1. The van der Waals surface area contributed by atoms with E-state index < -0.39 is 0 Å². The molecule has 0 spiro atoms. The summed E-state index contributed by atoms with van der Waals surface area (Å²) >= 11 is 6.11. The highest BCUT2D eigenvalue weighted by molar-refractivity contribution is 6.33. The molecule has 2 aromatic carbocycles. The number of rotatable bonds is 6. The van der Waals surface area contributed by atoms with E-state index in [1.807, 2.05) is 18.2 Å². The molecule has 26 heavy (non-hydrogen) atoms.